The molecule has 6 heteroatoms. The average molecular weight is 282 g/mol. The van der Waals surface area contributed by atoms with Crippen LogP contribution < -0.4 is 11.3 Å². The quantitative estimate of drug-likeness (QED) is 0.548. The summed E-state index contributed by atoms with van der Waals surface area (Å²) < 4.78 is 2.10. The van der Waals surface area contributed by atoms with Crippen LogP contribution in [0.4, 0.5) is 0 Å². The van der Waals surface area contributed by atoms with Crippen LogP contribution in [0.15, 0.2) is 42.9 Å². The fourth-order valence-electron chi connectivity index (χ4n) is 2.39. The average Bonchev–Trinajstić information content (AvgIpc) is 2.99. The number of hydrogen-bond acceptors (Lipinski definition) is 5. The van der Waals surface area contributed by atoms with Crippen LogP contribution in [0.5, 0.6) is 0 Å². The summed E-state index contributed by atoms with van der Waals surface area (Å²) in [6.07, 6.45) is 6.21. The Morgan fingerprint density at radius 1 is 1.24 bits per heavy atom. The van der Waals surface area contributed by atoms with Gasteiger partial charge in [-0.15, -0.1) is 0 Å². The smallest absolute Gasteiger partial charge is 0.110 e. The van der Waals surface area contributed by atoms with Gasteiger partial charge in [0.2, 0.25) is 0 Å². The van der Waals surface area contributed by atoms with E-state index in [0.29, 0.717) is 6.42 Å². The summed E-state index contributed by atoms with van der Waals surface area (Å²) in [5.74, 6) is 6.68. The van der Waals surface area contributed by atoms with Gasteiger partial charge < -0.3 is 4.57 Å². The van der Waals surface area contributed by atoms with E-state index in [1.165, 1.54) is 0 Å². The first kappa shape index (κ1) is 13.7. The first-order valence-electron chi connectivity index (χ1n) is 6.99. The van der Waals surface area contributed by atoms with E-state index in [1.807, 2.05) is 30.5 Å². The van der Waals surface area contributed by atoms with Crippen molar-refractivity contribution in [3.8, 4) is 0 Å². The van der Waals surface area contributed by atoms with Crippen molar-refractivity contribution < 1.29 is 0 Å². The summed E-state index contributed by atoms with van der Waals surface area (Å²) in [6, 6.07) is 7.69. The number of nitrogens with two attached hydrogens (primary N) is 1. The van der Waals surface area contributed by atoms with Gasteiger partial charge in [0.05, 0.1) is 29.0 Å². The number of para-hydroxylation sites is 2. The van der Waals surface area contributed by atoms with Gasteiger partial charge in [-0.3, -0.25) is 16.3 Å². The molecule has 2 heterocycles. The Kier molecular flexibility index (Phi) is 3.89. The lowest BCUT2D eigenvalue weighted by atomic mass is 10.1. The number of nitrogens with zero attached hydrogens (tertiary/aromatic N) is 4. The summed E-state index contributed by atoms with van der Waals surface area (Å²) in [4.78, 5) is 13.5. The summed E-state index contributed by atoms with van der Waals surface area (Å²) in [5.41, 5.74) is 5.39. The molecule has 0 aliphatic carbocycles. The van der Waals surface area contributed by atoms with E-state index in [2.05, 4.69) is 31.9 Å². The number of imidazole rings is 1. The summed E-state index contributed by atoms with van der Waals surface area (Å²) >= 11 is 0. The Hall–Kier alpha value is -2.31. The Labute approximate surface area is 123 Å². The first-order valence-corrected chi connectivity index (χ1v) is 6.99. The monoisotopic (exact) mass is 282 g/mol. The highest BCUT2D eigenvalue weighted by atomic mass is 15.2. The lowest BCUT2D eigenvalue weighted by Crippen LogP contribution is -2.31. The van der Waals surface area contributed by atoms with Crippen LogP contribution in [0.2, 0.25) is 0 Å². The van der Waals surface area contributed by atoms with Crippen LogP contribution in [-0.4, -0.2) is 19.5 Å². The molecule has 1 atom stereocenters. The molecule has 0 bridgehead atoms. The topological polar surface area (TPSA) is 81.7 Å². The normalized spacial score (nSPS) is 12.7. The van der Waals surface area contributed by atoms with E-state index in [0.717, 1.165) is 29.1 Å². The van der Waals surface area contributed by atoms with Crippen molar-refractivity contribution in [3.05, 3.63) is 54.4 Å². The molecule has 1 aromatic carbocycles. The number of fused-ring (bicyclic) bond motifs is 1. The molecule has 2 aromatic heterocycles. The maximum Gasteiger partial charge on any atom is 0.110 e. The third kappa shape index (κ3) is 2.76. The predicted octanol–water partition coefficient (Wildman–Crippen LogP) is 1.59. The van der Waals surface area contributed by atoms with Crippen LogP contribution in [0.1, 0.15) is 24.5 Å². The molecule has 108 valence electrons. The second-order valence-electron chi connectivity index (χ2n) is 4.84. The number of benzene rings is 1. The van der Waals surface area contributed by atoms with Gasteiger partial charge in [0.1, 0.15) is 5.82 Å². The maximum atomic E-state index is 5.70. The molecule has 0 saturated heterocycles. The zero-order valence-electron chi connectivity index (χ0n) is 11.9. The molecule has 0 radical (unpaired) electrons. The minimum Gasteiger partial charge on any atom is -0.335 e. The zero-order valence-corrected chi connectivity index (χ0v) is 11.9. The van der Waals surface area contributed by atoms with Crippen molar-refractivity contribution in [1.29, 1.82) is 0 Å². The van der Waals surface area contributed by atoms with E-state index in [-0.39, 0.29) is 6.04 Å². The lowest BCUT2D eigenvalue weighted by Gasteiger charge is -2.15. The number of nitrogens with one attached hydrogen (secondary N) is 1. The fraction of sp³-hybridized carbons (Fsp3) is 0.267. The summed E-state index contributed by atoms with van der Waals surface area (Å²) in [7, 11) is 0. The van der Waals surface area contributed by atoms with Gasteiger partial charge in [0.15, 0.2) is 0 Å². The fourth-order valence-corrected chi connectivity index (χ4v) is 2.39. The van der Waals surface area contributed by atoms with Crippen molar-refractivity contribution in [3.63, 3.8) is 0 Å². The molecule has 0 amide bonds. The van der Waals surface area contributed by atoms with Gasteiger partial charge in [-0.2, -0.15) is 0 Å². The minimum absolute atomic E-state index is 0.116. The van der Waals surface area contributed by atoms with Gasteiger partial charge >= 0.3 is 0 Å². The second kappa shape index (κ2) is 5.99. The molecule has 0 aliphatic rings. The zero-order chi connectivity index (χ0) is 14.7. The first-order chi connectivity index (χ1) is 10.3. The van der Waals surface area contributed by atoms with Crippen LogP contribution in [0, 0.1) is 0 Å². The highest BCUT2D eigenvalue weighted by Crippen LogP contribution is 2.17. The molecule has 3 rings (SSSR count). The van der Waals surface area contributed by atoms with Gasteiger partial charge in [-0.25, -0.2) is 9.97 Å². The molecular weight excluding hydrogens is 264 g/mol. The standard InChI is InChI=1S/C15H18N6/c1-2-21-8-7-17-15(21)9-13(20-16)14-10-18-11-5-3-4-6-12(11)19-14/h3-8,10,13,20H,2,9,16H2,1H3. The van der Waals surface area contributed by atoms with E-state index in [1.54, 1.807) is 12.4 Å². The maximum absolute atomic E-state index is 5.70. The molecular formula is C15H18N6. The van der Waals surface area contributed by atoms with Crippen molar-refractivity contribution in [2.24, 2.45) is 5.84 Å². The van der Waals surface area contributed by atoms with Gasteiger partial charge in [0.25, 0.3) is 0 Å². The SMILES string of the molecule is CCn1ccnc1CC(NN)c1cnc2ccccc2n1. The Morgan fingerprint density at radius 3 is 2.81 bits per heavy atom. The van der Waals surface area contributed by atoms with Crippen molar-refractivity contribution in [2.45, 2.75) is 25.9 Å². The number of aromatic nitrogens is 4. The molecule has 1 unspecified atom stereocenters. The third-order valence-corrected chi connectivity index (χ3v) is 3.55. The third-order valence-electron chi connectivity index (χ3n) is 3.55. The molecule has 0 fully saturated rings. The van der Waals surface area contributed by atoms with Crippen LogP contribution in [-0.2, 0) is 13.0 Å². The Balaban J connectivity index is 1.90. The molecule has 21 heavy (non-hydrogen) atoms. The number of hydrogen-bond donors (Lipinski definition) is 2. The molecule has 3 aromatic rings. The number of aryl methyl sites for hydroxylation is 1. The van der Waals surface area contributed by atoms with Gasteiger partial charge in [-0.05, 0) is 19.1 Å². The Morgan fingerprint density at radius 2 is 2.05 bits per heavy atom. The van der Waals surface area contributed by atoms with E-state index in [9.17, 15) is 0 Å². The van der Waals surface area contributed by atoms with E-state index < -0.39 is 0 Å². The minimum atomic E-state index is -0.116. The van der Waals surface area contributed by atoms with Gasteiger partial charge in [0, 0.05) is 25.4 Å². The van der Waals surface area contributed by atoms with E-state index in [4.69, 9.17) is 5.84 Å². The second-order valence-corrected chi connectivity index (χ2v) is 4.84. The number of hydrazine groups is 1. The largest absolute Gasteiger partial charge is 0.335 e. The van der Waals surface area contributed by atoms with Crippen LogP contribution >= 0.6 is 0 Å². The highest BCUT2D eigenvalue weighted by Gasteiger charge is 2.16. The van der Waals surface area contributed by atoms with Crippen molar-refractivity contribution in [2.75, 3.05) is 0 Å². The van der Waals surface area contributed by atoms with E-state index >= 15 is 0 Å². The van der Waals surface area contributed by atoms with Crippen molar-refractivity contribution >= 4 is 11.0 Å². The molecule has 3 N–H and O–H groups in total. The van der Waals surface area contributed by atoms with Crippen molar-refractivity contribution in [1.82, 2.24) is 24.9 Å². The molecule has 0 saturated carbocycles. The molecule has 0 aliphatic heterocycles. The molecule has 6 nitrogen and oxygen atoms in total. The Bertz CT molecular complexity index is 736. The lowest BCUT2D eigenvalue weighted by molar-refractivity contribution is 0.512. The van der Waals surface area contributed by atoms with Gasteiger partial charge in [-0.1, -0.05) is 12.1 Å². The molecule has 0 spiro atoms. The number of rotatable bonds is 5. The predicted molar refractivity (Wildman–Crippen MR) is 81.2 cm³/mol. The highest BCUT2D eigenvalue weighted by molar-refractivity contribution is 5.73. The van der Waals surface area contributed by atoms with Crippen LogP contribution in [0.25, 0.3) is 11.0 Å². The summed E-state index contributed by atoms with van der Waals surface area (Å²) in [5, 5.41) is 0. The summed E-state index contributed by atoms with van der Waals surface area (Å²) in [6.45, 7) is 2.97. The van der Waals surface area contributed by atoms with Crippen LogP contribution in [0.3, 0.4) is 0 Å².